The fourth-order valence-electron chi connectivity index (χ4n) is 2.39. The molecule has 6 heteroatoms. The molecule has 0 saturated carbocycles. The highest BCUT2D eigenvalue weighted by Crippen LogP contribution is 2.28. The molecule has 21 heavy (non-hydrogen) atoms. The molecular weight excluding hydrogens is 286 g/mol. The number of aromatic nitrogens is 1. The van der Waals surface area contributed by atoms with Crippen molar-refractivity contribution >= 4 is 23.3 Å². The number of urea groups is 1. The number of piperidine rings is 1. The van der Waals surface area contributed by atoms with Gasteiger partial charge in [-0.2, -0.15) is 4.37 Å². The fourth-order valence-corrected chi connectivity index (χ4v) is 3.03. The molecule has 0 aliphatic carbocycles. The van der Waals surface area contributed by atoms with Crippen LogP contribution in [0.3, 0.4) is 0 Å². The molecule has 0 radical (unpaired) electrons. The Morgan fingerprint density at radius 1 is 1.29 bits per heavy atom. The summed E-state index contributed by atoms with van der Waals surface area (Å²) in [5.74, 6) is 0. The van der Waals surface area contributed by atoms with Crippen molar-refractivity contribution in [3.8, 4) is 11.3 Å². The van der Waals surface area contributed by atoms with Crippen molar-refractivity contribution < 1.29 is 9.90 Å². The van der Waals surface area contributed by atoms with Crippen LogP contribution in [-0.4, -0.2) is 39.6 Å². The standard InChI is InChI=1S/C15H17N3O2S/c19-12-6-8-18(9-7-12)15(20)16-13-10-21-17-14(13)11-4-2-1-3-5-11/h1-5,10,12,19H,6-9H2,(H,16,20). The highest BCUT2D eigenvalue weighted by molar-refractivity contribution is 7.04. The molecule has 0 spiro atoms. The summed E-state index contributed by atoms with van der Waals surface area (Å²) in [6.07, 6.45) is 0.999. The largest absolute Gasteiger partial charge is 0.393 e. The van der Waals surface area contributed by atoms with Crippen molar-refractivity contribution in [3.05, 3.63) is 35.7 Å². The number of nitrogens with zero attached hydrogens (tertiary/aromatic N) is 2. The zero-order valence-corrected chi connectivity index (χ0v) is 12.3. The van der Waals surface area contributed by atoms with Crippen LogP contribution in [0, 0.1) is 0 Å². The number of amides is 2. The van der Waals surface area contributed by atoms with Crippen molar-refractivity contribution in [2.45, 2.75) is 18.9 Å². The molecule has 1 aliphatic heterocycles. The lowest BCUT2D eigenvalue weighted by Gasteiger charge is -2.29. The van der Waals surface area contributed by atoms with Gasteiger partial charge in [-0.05, 0) is 24.4 Å². The molecule has 0 atom stereocenters. The van der Waals surface area contributed by atoms with Gasteiger partial charge >= 0.3 is 6.03 Å². The molecule has 0 bridgehead atoms. The van der Waals surface area contributed by atoms with E-state index in [0.717, 1.165) is 16.9 Å². The molecule has 5 nitrogen and oxygen atoms in total. The van der Waals surface area contributed by atoms with Gasteiger partial charge in [0.2, 0.25) is 0 Å². The Balaban J connectivity index is 1.71. The minimum atomic E-state index is -0.281. The van der Waals surface area contributed by atoms with Crippen molar-refractivity contribution in [2.24, 2.45) is 0 Å². The summed E-state index contributed by atoms with van der Waals surface area (Å²) in [5, 5.41) is 14.3. The summed E-state index contributed by atoms with van der Waals surface area (Å²) >= 11 is 1.33. The van der Waals surface area contributed by atoms with E-state index in [1.165, 1.54) is 11.5 Å². The molecule has 2 aromatic rings. The molecule has 2 heterocycles. The predicted octanol–water partition coefficient (Wildman–Crippen LogP) is 2.80. The van der Waals surface area contributed by atoms with Gasteiger partial charge in [-0.25, -0.2) is 4.79 Å². The van der Waals surface area contributed by atoms with E-state index in [4.69, 9.17) is 0 Å². The van der Waals surface area contributed by atoms with Gasteiger partial charge in [-0.1, -0.05) is 30.3 Å². The molecular formula is C15H17N3O2S. The van der Waals surface area contributed by atoms with Crippen molar-refractivity contribution in [3.63, 3.8) is 0 Å². The molecule has 1 fully saturated rings. The van der Waals surface area contributed by atoms with Crippen LogP contribution < -0.4 is 5.32 Å². The van der Waals surface area contributed by atoms with E-state index < -0.39 is 0 Å². The summed E-state index contributed by atoms with van der Waals surface area (Å²) in [6.45, 7) is 1.18. The van der Waals surface area contributed by atoms with Crippen LogP contribution in [-0.2, 0) is 0 Å². The van der Waals surface area contributed by atoms with Crippen LogP contribution in [0.2, 0.25) is 0 Å². The number of benzene rings is 1. The normalized spacial score (nSPS) is 16.0. The average molecular weight is 303 g/mol. The zero-order valence-electron chi connectivity index (χ0n) is 11.5. The number of carbonyl (C=O) groups is 1. The summed E-state index contributed by atoms with van der Waals surface area (Å²) < 4.78 is 4.37. The molecule has 1 aromatic heterocycles. The predicted molar refractivity (Wildman–Crippen MR) is 83.4 cm³/mol. The van der Waals surface area contributed by atoms with Crippen LogP contribution in [0.4, 0.5) is 10.5 Å². The second-order valence-electron chi connectivity index (χ2n) is 5.09. The van der Waals surface area contributed by atoms with Crippen LogP contribution in [0.25, 0.3) is 11.3 Å². The first kappa shape index (κ1) is 14.0. The van der Waals surface area contributed by atoms with Crippen LogP contribution in [0.1, 0.15) is 12.8 Å². The lowest BCUT2D eigenvalue weighted by atomic mass is 10.1. The Hall–Kier alpha value is -1.92. The van der Waals surface area contributed by atoms with Crippen molar-refractivity contribution in [1.29, 1.82) is 0 Å². The summed E-state index contributed by atoms with van der Waals surface area (Å²) in [7, 11) is 0. The lowest BCUT2D eigenvalue weighted by molar-refractivity contribution is 0.0972. The maximum Gasteiger partial charge on any atom is 0.321 e. The molecule has 2 amide bonds. The highest BCUT2D eigenvalue weighted by atomic mass is 32.1. The average Bonchev–Trinajstić information content (AvgIpc) is 2.97. The number of nitrogens with one attached hydrogen (secondary N) is 1. The topological polar surface area (TPSA) is 65.5 Å². The first-order valence-electron chi connectivity index (χ1n) is 6.98. The smallest absolute Gasteiger partial charge is 0.321 e. The Bertz CT molecular complexity index is 606. The number of likely N-dealkylation sites (tertiary alicyclic amines) is 1. The van der Waals surface area contributed by atoms with E-state index in [9.17, 15) is 9.90 Å². The second-order valence-corrected chi connectivity index (χ2v) is 5.72. The van der Waals surface area contributed by atoms with Gasteiger partial charge in [0, 0.05) is 24.0 Å². The van der Waals surface area contributed by atoms with Crippen molar-refractivity contribution in [2.75, 3.05) is 18.4 Å². The number of aliphatic hydroxyl groups excluding tert-OH is 1. The summed E-state index contributed by atoms with van der Waals surface area (Å²) in [5.41, 5.74) is 2.52. The van der Waals surface area contributed by atoms with Crippen molar-refractivity contribution in [1.82, 2.24) is 9.27 Å². The van der Waals surface area contributed by atoms with Gasteiger partial charge in [0.15, 0.2) is 0 Å². The SMILES string of the molecule is O=C(Nc1csnc1-c1ccccc1)N1CCC(O)CC1. The van der Waals surface area contributed by atoms with E-state index in [2.05, 4.69) is 9.69 Å². The van der Waals surface area contributed by atoms with Gasteiger partial charge in [0.05, 0.1) is 11.8 Å². The maximum absolute atomic E-state index is 12.3. The first-order valence-corrected chi connectivity index (χ1v) is 7.81. The molecule has 0 unspecified atom stereocenters. The van der Waals surface area contributed by atoms with E-state index >= 15 is 0 Å². The van der Waals surface area contributed by atoms with Crippen LogP contribution in [0.5, 0.6) is 0 Å². The number of hydrogen-bond donors (Lipinski definition) is 2. The van der Waals surface area contributed by atoms with E-state index in [0.29, 0.717) is 25.9 Å². The molecule has 1 aromatic carbocycles. The monoisotopic (exact) mass is 303 g/mol. The maximum atomic E-state index is 12.3. The number of rotatable bonds is 2. The molecule has 2 N–H and O–H groups in total. The van der Waals surface area contributed by atoms with E-state index in [-0.39, 0.29) is 12.1 Å². The summed E-state index contributed by atoms with van der Waals surface area (Å²) in [4.78, 5) is 14.0. The minimum absolute atomic E-state index is 0.126. The van der Waals surface area contributed by atoms with Gasteiger partial charge in [-0.3, -0.25) is 0 Å². The molecule has 1 aliphatic rings. The Morgan fingerprint density at radius 2 is 2.00 bits per heavy atom. The fraction of sp³-hybridized carbons (Fsp3) is 0.333. The van der Waals surface area contributed by atoms with Gasteiger partial charge in [0.25, 0.3) is 0 Å². The van der Waals surface area contributed by atoms with Crippen LogP contribution >= 0.6 is 11.5 Å². The van der Waals surface area contributed by atoms with E-state index in [1.807, 2.05) is 35.7 Å². The number of hydrogen-bond acceptors (Lipinski definition) is 4. The minimum Gasteiger partial charge on any atom is -0.393 e. The Kier molecular flexibility index (Phi) is 4.17. The van der Waals surface area contributed by atoms with Gasteiger partial charge < -0.3 is 15.3 Å². The molecule has 110 valence electrons. The van der Waals surface area contributed by atoms with Gasteiger partial charge in [0.1, 0.15) is 5.69 Å². The lowest BCUT2D eigenvalue weighted by Crippen LogP contribution is -2.42. The molecule has 1 saturated heterocycles. The third-order valence-electron chi connectivity index (χ3n) is 3.61. The number of aliphatic hydroxyl groups is 1. The second kappa shape index (κ2) is 6.24. The van der Waals surface area contributed by atoms with E-state index in [1.54, 1.807) is 4.90 Å². The third kappa shape index (κ3) is 3.22. The first-order chi connectivity index (χ1) is 10.2. The third-order valence-corrected chi connectivity index (χ3v) is 4.24. The quantitative estimate of drug-likeness (QED) is 0.896. The Morgan fingerprint density at radius 3 is 2.71 bits per heavy atom. The van der Waals surface area contributed by atoms with Gasteiger partial charge in [-0.15, -0.1) is 0 Å². The number of anilines is 1. The number of carbonyl (C=O) groups excluding carboxylic acids is 1. The zero-order chi connectivity index (χ0) is 14.7. The Labute approximate surface area is 127 Å². The summed E-state index contributed by atoms with van der Waals surface area (Å²) in [6, 6.07) is 9.68. The molecule has 3 rings (SSSR count). The highest BCUT2D eigenvalue weighted by Gasteiger charge is 2.22. The van der Waals surface area contributed by atoms with Crippen LogP contribution in [0.15, 0.2) is 35.7 Å².